The molecule has 0 amide bonds. The molecule has 0 saturated heterocycles. The van der Waals surface area contributed by atoms with Crippen LogP contribution in [0.3, 0.4) is 0 Å². The number of anilines is 2. The van der Waals surface area contributed by atoms with Crippen LogP contribution in [0.1, 0.15) is 0 Å². The molecule has 0 aliphatic carbocycles. The van der Waals surface area contributed by atoms with Crippen molar-refractivity contribution in [3.05, 3.63) is 41.6 Å². The number of hydrogen-bond acceptors (Lipinski definition) is 4. The minimum absolute atomic E-state index is 0.00862. The Bertz CT molecular complexity index is 504. The lowest BCUT2D eigenvalue weighted by Crippen LogP contribution is -1.98. The Balaban J connectivity index is 2.26. The summed E-state index contributed by atoms with van der Waals surface area (Å²) < 4.78 is 13.2. The van der Waals surface area contributed by atoms with Crippen molar-refractivity contribution in [2.75, 3.05) is 5.32 Å². The molecule has 2 N–H and O–H groups in total. The molecule has 2 aromatic rings. The first kappa shape index (κ1) is 10.6. The highest BCUT2D eigenvalue weighted by Gasteiger charge is 2.05. The Morgan fingerprint density at radius 2 is 1.94 bits per heavy atom. The van der Waals surface area contributed by atoms with Gasteiger partial charge in [-0.2, -0.15) is 4.98 Å². The van der Waals surface area contributed by atoms with Crippen LogP contribution < -0.4 is 5.32 Å². The summed E-state index contributed by atoms with van der Waals surface area (Å²) in [6, 6.07) is 6.13. The van der Waals surface area contributed by atoms with Gasteiger partial charge in [-0.15, -0.1) is 0 Å². The molecule has 1 aromatic carbocycles. The molecule has 2 rings (SSSR count). The molecule has 16 heavy (non-hydrogen) atoms. The van der Waals surface area contributed by atoms with Gasteiger partial charge in [0.25, 0.3) is 0 Å². The third-order valence-corrected chi connectivity index (χ3v) is 2.03. The van der Waals surface area contributed by atoms with Crippen molar-refractivity contribution in [3.8, 4) is 5.75 Å². The zero-order valence-electron chi connectivity index (χ0n) is 7.98. The van der Waals surface area contributed by atoms with E-state index in [1.807, 2.05) is 0 Å². The SMILES string of the molecule is Oc1ccc(Nc2nc(Cl)ncc2F)cc1. The van der Waals surface area contributed by atoms with Crippen molar-refractivity contribution in [2.45, 2.75) is 0 Å². The molecule has 1 aromatic heterocycles. The number of nitrogens with zero attached hydrogens (tertiary/aromatic N) is 2. The van der Waals surface area contributed by atoms with Crippen molar-refractivity contribution in [3.63, 3.8) is 0 Å². The number of rotatable bonds is 2. The molecule has 1 heterocycles. The lowest BCUT2D eigenvalue weighted by Gasteiger charge is -2.06. The fraction of sp³-hybridized carbons (Fsp3) is 0. The van der Waals surface area contributed by atoms with E-state index >= 15 is 0 Å². The monoisotopic (exact) mass is 239 g/mol. The first-order valence-corrected chi connectivity index (χ1v) is 4.77. The largest absolute Gasteiger partial charge is 0.508 e. The third-order valence-electron chi connectivity index (χ3n) is 1.84. The molecule has 4 nitrogen and oxygen atoms in total. The van der Waals surface area contributed by atoms with Gasteiger partial charge in [-0.1, -0.05) is 0 Å². The number of halogens is 2. The van der Waals surface area contributed by atoms with Crippen molar-refractivity contribution < 1.29 is 9.50 Å². The van der Waals surface area contributed by atoms with E-state index in [0.717, 1.165) is 6.20 Å². The van der Waals surface area contributed by atoms with Gasteiger partial charge in [0, 0.05) is 5.69 Å². The van der Waals surface area contributed by atoms with Crippen LogP contribution in [0.4, 0.5) is 15.9 Å². The van der Waals surface area contributed by atoms with Gasteiger partial charge in [0.1, 0.15) is 5.75 Å². The Kier molecular flexibility index (Phi) is 2.87. The molecule has 0 fully saturated rings. The van der Waals surface area contributed by atoms with E-state index in [1.165, 1.54) is 12.1 Å². The predicted octanol–water partition coefficient (Wildman–Crippen LogP) is 2.72. The number of aromatic hydroxyl groups is 1. The first-order chi connectivity index (χ1) is 7.65. The minimum Gasteiger partial charge on any atom is -0.508 e. The van der Waals surface area contributed by atoms with Crippen LogP contribution in [0.25, 0.3) is 0 Å². The molecule has 82 valence electrons. The molecule has 0 aliphatic heterocycles. The fourth-order valence-corrected chi connectivity index (χ4v) is 1.25. The molecule has 0 unspecified atom stereocenters. The maximum absolute atomic E-state index is 13.2. The van der Waals surface area contributed by atoms with Crippen molar-refractivity contribution >= 4 is 23.1 Å². The number of phenols is 1. The molecular weight excluding hydrogens is 233 g/mol. The van der Waals surface area contributed by atoms with E-state index in [0.29, 0.717) is 5.69 Å². The number of aromatic nitrogens is 2. The molecule has 0 atom stereocenters. The summed E-state index contributed by atoms with van der Waals surface area (Å²) in [6.07, 6.45) is 0.984. The number of benzene rings is 1. The second-order valence-corrected chi connectivity index (χ2v) is 3.35. The second-order valence-electron chi connectivity index (χ2n) is 3.01. The summed E-state index contributed by atoms with van der Waals surface area (Å²) in [4.78, 5) is 7.19. The van der Waals surface area contributed by atoms with Gasteiger partial charge < -0.3 is 10.4 Å². The van der Waals surface area contributed by atoms with Gasteiger partial charge in [-0.05, 0) is 35.9 Å². The molecule has 0 bridgehead atoms. The molecular formula is C10H7ClFN3O. The zero-order chi connectivity index (χ0) is 11.5. The predicted molar refractivity (Wildman–Crippen MR) is 58.4 cm³/mol. The van der Waals surface area contributed by atoms with Gasteiger partial charge in [0.05, 0.1) is 6.20 Å². The minimum atomic E-state index is -0.600. The summed E-state index contributed by atoms with van der Waals surface area (Å²) >= 11 is 5.54. The fourth-order valence-electron chi connectivity index (χ4n) is 1.11. The number of nitrogens with one attached hydrogen (secondary N) is 1. The number of hydrogen-bond donors (Lipinski definition) is 2. The number of phenolic OH excluding ortho intramolecular Hbond substituents is 1. The van der Waals surface area contributed by atoms with Crippen LogP contribution in [0.5, 0.6) is 5.75 Å². The first-order valence-electron chi connectivity index (χ1n) is 4.39. The Hall–Kier alpha value is -1.88. The van der Waals surface area contributed by atoms with Gasteiger partial charge in [-0.3, -0.25) is 0 Å². The molecule has 6 heteroatoms. The maximum Gasteiger partial charge on any atom is 0.224 e. The average molecular weight is 240 g/mol. The van der Waals surface area contributed by atoms with Crippen LogP contribution >= 0.6 is 11.6 Å². The molecule has 0 spiro atoms. The third kappa shape index (κ3) is 2.38. The van der Waals surface area contributed by atoms with Gasteiger partial charge >= 0.3 is 0 Å². The lowest BCUT2D eigenvalue weighted by molar-refractivity contribution is 0.475. The molecule has 0 aliphatic rings. The highest BCUT2D eigenvalue weighted by molar-refractivity contribution is 6.28. The standard InChI is InChI=1S/C10H7ClFN3O/c11-10-13-5-8(12)9(15-10)14-6-1-3-7(16)4-2-6/h1-5,16H,(H,13,14,15). The summed E-state index contributed by atoms with van der Waals surface area (Å²) in [5, 5.41) is 11.8. The van der Waals surface area contributed by atoms with Gasteiger partial charge in [0.2, 0.25) is 5.28 Å². The smallest absolute Gasteiger partial charge is 0.224 e. The topological polar surface area (TPSA) is 58.0 Å². The average Bonchev–Trinajstić information content (AvgIpc) is 2.27. The quantitative estimate of drug-likeness (QED) is 0.625. The molecule has 0 saturated carbocycles. The van der Waals surface area contributed by atoms with E-state index in [1.54, 1.807) is 12.1 Å². The Labute approximate surface area is 95.7 Å². The van der Waals surface area contributed by atoms with E-state index in [9.17, 15) is 4.39 Å². The zero-order valence-corrected chi connectivity index (χ0v) is 8.74. The van der Waals surface area contributed by atoms with Crippen LogP contribution in [0.2, 0.25) is 5.28 Å². The summed E-state index contributed by atoms with van der Waals surface area (Å²) in [5.74, 6) is -0.477. The van der Waals surface area contributed by atoms with Gasteiger partial charge in [0.15, 0.2) is 11.6 Å². The summed E-state index contributed by atoms with van der Waals surface area (Å²) in [5.41, 5.74) is 0.589. The second kappa shape index (κ2) is 4.32. The highest BCUT2D eigenvalue weighted by Crippen LogP contribution is 2.20. The van der Waals surface area contributed by atoms with Crippen molar-refractivity contribution in [2.24, 2.45) is 0 Å². The van der Waals surface area contributed by atoms with E-state index in [2.05, 4.69) is 15.3 Å². The maximum atomic E-state index is 13.2. The summed E-state index contributed by atoms with van der Waals surface area (Å²) in [6.45, 7) is 0. The van der Waals surface area contributed by atoms with Crippen LogP contribution in [0.15, 0.2) is 30.5 Å². The van der Waals surface area contributed by atoms with Crippen molar-refractivity contribution in [1.82, 2.24) is 9.97 Å². The lowest BCUT2D eigenvalue weighted by atomic mass is 10.3. The van der Waals surface area contributed by atoms with E-state index in [4.69, 9.17) is 16.7 Å². The molecule has 0 radical (unpaired) electrons. The normalized spacial score (nSPS) is 10.1. The van der Waals surface area contributed by atoms with Gasteiger partial charge in [-0.25, -0.2) is 9.37 Å². The van der Waals surface area contributed by atoms with Crippen LogP contribution in [-0.2, 0) is 0 Å². The van der Waals surface area contributed by atoms with Crippen LogP contribution in [-0.4, -0.2) is 15.1 Å². The van der Waals surface area contributed by atoms with Crippen LogP contribution in [0, 0.1) is 5.82 Å². The Morgan fingerprint density at radius 1 is 1.25 bits per heavy atom. The van der Waals surface area contributed by atoms with Crippen molar-refractivity contribution in [1.29, 1.82) is 0 Å². The Morgan fingerprint density at radius 3 is 2.62 bits per heavy atom. The van der Waals surface area contributed by atoms with E-state index < -0.39 is 5.82 Å². The van der Waals surface area contributed by atoms with E-state index in [-0.39, 0.29) is 16.9 Å². The highest BCUT2D eigenvalue weighted by atomic mass is 35.5. The summed E-state index contributed by atoms with van der Waals surface area (Å²) in [7, 11) is 0.